The zero-order valence-corrected chi connectivity index (χ0v) is 24.3. The highest BCUT2D eigenvalue weighted by molar-refractivity contribution is 6.31. The smallest absolute Gasteiger partial charge is 0.258 e. The number of pyridine rings is 1. The van der Waals surface area contributed by atoms with E-state index in [1.54, 1.807) is 39.9 Å². The highest BCUT2D eigenvalue weighted by Gasteiger charge is 2.32. The molecule has 8 heteroatoms. The molecule has 3 aromatic heterocycles. The molecule has 0 unspecified atom stereocenters. The number of aromatic nitrogens is 4. The average molecular weight is 577 g/mol. The molecule has 1 aliphatic carbocycles. The number of carbonyl (C=O) groups is 1. The highest BCUT2D eigenvalue weighted by Crippen LogP contribution is 2.45. The number of nitrogens with zero attached hydrogens (tertiary/aromatic N) is 5. The number of hydrogen-bond acceptors (Lipinski definition) is 5. The molecule has 2 N–H and O–H groups in total. The van der Waals surface area contributed by atoms with Gasteiger partial charge in [-0.25, -0.2) is 4.98 Å². The molecular formula is C34H33ClN6O. The summed E-state index contributed by atoms with van der Waals surface area (Å²) in [4.78, 5) is 25.0. The van der Waals surface area contributed by atoms with E-state index >= 15 is 0 Å². The zero-order chi connectivity index (χ0) is 29.2. The first-order valence-electron chi connectivity index (χ1n) is 14.4. The van der Waals surface area contributed by atoms with Crippen molar-refractivity contribution in [2.45, 2.75) is 51.0 Å². The fraction of sp³-hybridized carbons (Fsp3) is 0.235. The maximum absolute atomic E-state index is 13.4. The molecule has 0 spiro atoms. The SMILES string of the molecule is C=CN(C(=O)c1cccc(Cl)c1)[C@H](CC)CCc1nc2c(-c3ccc(-c4ccccc4)nc3)cnn2c(N)c1C1CC1. The lowest BCUT2D eigenvalue weighted by Crippen LogP contribution is -2.36. The number of amides is 1. The number of rotatable bonds is 10. The molecule has 0 saturated heterocycles. The van der Waals surface area contributed by atoms with Crippen LogP contribution in [0.5, 0.6) is 0 Å². The van der Waals surface area contributed by atoms with Crippen LogP contribution in [0.3, 0.4) is 0 Å². The van der Waals surface area contributed by atoms with Gasteiger partial charge in [0.2, 0.25) is 0 Å². The first kappa shape index (κ1) is 27.7. The Morgan fingerprint density at radius 2 is 1.93 bits per heavy atom. The molecule has 0 radical (unpaired) electrons. The van der Waals surface area contributed by atoms with Gasteiger partial charge in [-0.1, -0.05) is 67.6 Å². The van der Waals surface area contributed by atoms with E-state index in [0.29, 0.717) is 40.8 Å². The van der Waals surface area contributed by atoms with E-state index in [4.69, 9.17) is 27.3 Å². The molecule has 1 saturated carbocycles. The van der Waals surface area contributed by atoms with Crippen molar-refractivity contribution in [1.29, 1.82) is 0 Å². The minimum absolute atomic E-state index is 0.0561. The van der Waals surface area contributed by atoms with Crippen molar-refractivity contribution in [3.63, 3.8) is 0 Å². The van der Waals surface area contributed by atoms with E-state index in [0.717, 1.165) is 52.9 Å². The molecule has 1 atom stereocenters. The minimum Gasteiger partial charge on any atom is -0.383 e. The number of hydrogen-bond donors (Lipinski definition) is 1. The lowest BCUT2D eigenvalue weighted by Gasteiger charge is -2.28. The molecule has 1 fully saturated rings. The van der Waals surface area contributed by atoms with Crippen molar-refractivity contribution < 1.29 is 4.79 Å². The van der Waals surface area contributed by atoms with Crippen molar-refractivity contribution in [1.82, 2.24) is 24.5 Å². The molecule has 6 rings (SSSR count). The summed E-state index contributed by atoms with van der Waals surface area (Å²) in [6.45, 7) is 6.03. The predicted octanol–water partition coefficient (Wildman–Crippen LogP) is 7.57. The molecule has 0 bridgehead atoms. The number of carbonyl (C=O) groups excluding carboxylic acids is 1. The maximum atomic E-state index is 13.4. The summed E-state index contributed by atoms with van der Waals surface area (Å²) >= 11 is 6.16. The Labute approximate surface area is 250 Å². The topological polar surface area (TPSA) is 89.4 Å². The third-order valence-electron chi connectivity index (χ3n) is 8.01. The Morgan fingerprint density at radius 3 is 2.60 bits per heavy atom. The molecule has 5 aromatic rings. The summed E-state index contributed by atoms with van der Waals surface area (Å²) < 4.78 is 1.76. The van der Waals surface area contributed by atoms with Gasteiger partial charge >= 0.3 is 0 Å². The third kappa shape index (κ3) is 5.40. The van der Waals surface area contributed by atoms with Gasteiger partial charge in [0.15, 0.2) is 5.65 Å². The average Bonchev–Trinajstić information content (AvgIpc) is 3.77. The second-order valence-electron chi connectivity index (χ2n) is 10.7. The fourth-order valence-electron chi connectivity index (χ4n) is 5.63. The Hall–Kier alpha value is -4.49. The van der Waals surface area contributed by atoms with Gasteiger partial charge in [0.25, 0.3) is 5.91 Å². The Morgan fingerprint density at radius 1 is 1.12 bits per heavy atom. The van der Waals surface area contributed by atoms with Gasteiger partial charge in [0.1, 0.15) is 5.82 Å². The monoisotopic (exact) mass is 576 g/mol. The van der Waals surface area contributed by atoms with E-state index in [9.17, 15) is 4.79 Å². The zero-order valence-electron chi connectivity index (χ0n) is 23.6. The van der Waals surface area contributed by atoms with Crippen LogP contribution in [-0.2, 0) is 6.42 Å². The van der Waals surface area contributed by atoms with Crippen LogP contribution in [0.4, 0.5) is 5.82 Å². The Balaban J connectivity index is 1.31. The number of halogens is 1. The predicted molar refractivity (Wildman–Crippen MR) is 168 cm³/mol. The van der Waals surface area contributed by atoms with Crippen LogP contribution in [0.2, 0.25) is 5.02 Å². The van der Waals surface area contributed by atoms with E-state index in [-0.39, 0.29) is 11.9 Å². The van der Waals surface area contributed by atoms with Gasteiger partial charge in [-0.2, -0.15) is 9.61 Å². The maximum Gasteiger partial charge on any atom is 0.258 e. The number of aryl methyl sites for hydroxylation is 1. The lowest BCUT2D eigenvalue weighted by molar-refractivity contribution is 0.0759. The molecule has 2 aromatic carbocycles. The number of nitrogens with two attached hydrogens (primary N) is 1. The number of fused-ring (bicyclic) bond motifs is 1. The molecule has 0 aliphatic heterocycles. The summed E-state index contributed by atoms with van der Waals surface area (Å²) in [6, 6.07) is 21.1. The van der Waals surface area contributed by atoms with Crippen molar-refractivity contribution >= 4 is 29.0 Å². The van der Waals surface area contributed by atoms with Crippen LogP contribution < -0.4 is 5.73 Å². The van der Waals surface area contributed by atoms with Gasteiger partial charge in [-0.3, -0.25) is 9.78 Å². The lowest BCUT2D eigenvalue weighted by atomic mass is 9.99. The molecule has 212 valence electrons. The largest absolute Gasteiger partial charge is 0.383 e. The summed E-state index contributed by atoms with van der Waals surface area (Å²) in [6.07, 6.45) is 9.64. The van der Waals surface area contributed by atoms with Gasteiger partial charge in [0.05, 0.1) is 17.6 Å². The number of benzene rings is 2. The van der Waals surface area contributed by atoms with E-state index in [1.807, 2.05) is 48.8 Å². The Kier molecular flexibility index (Phi) is 7.76. The highest BCUT2D eigenvalue weighted by atomic mass is 35.5. The third-order valence-corrected chi connectivity index (χ3v) is 8.25. The molecule has 7 nitrogen and oxygen atoms in total. The molecule has 1 aliphatic rings. The quantitative estimate of drug-likeness (QED) is 0.185. The van der Waals surface area contributed by atoms with Crippen LogP contribution in [0.15, 0.2) is 91.9 Å². The van der Waals surface area contributed by atoms with Crippen molar-refractivity contribution in [3.8, 4) is 22.4 Å². The van der Waals surface area contributed by atoms with Crippen LogP contribution >= 0.6 is 11.6 Å². The van der Waals surface area contributed by atoms with Gasteiger partial charge in [-0.15, -0.1) is 0 Å². The van der Waals surface area contributed by atoms with Crippen LogP contribution in [0.1, 0.15) is 60.1 Å². The summed E-state index contributed by atoms with van der Waals surface area (Å²) in [5.41, 5.74) is 13.9. The first-order valence-corrected chi connectivity index (χ1v) is 14.7. The van der Waals surface area contributed by atoms with Gasteiger partial charge in [0, 0.05) is 51.3 Å². The van der Waals surface area contributed by atoms with Crippen LogP contribution in [0, 0.1) is 0 Å². The standard InChI is InChI=1S/C34H33ClN6O/c1-3-27(40(4-2)34(42)24-11-8-12-26(35)19-24)16-18-30-31(23-13-14-23)32(36)41-33(39-30)28(21-38-41)25-15-17-29(37-20-25)22-9-6-5-7-10-22/h4-12,15,17,19-21,23,27H,2-3,13-14,16,18,36H2,1H3/t27-/m1/s1. The second kappa shape index (κ2) is 11.8. The molecule has 1 amide bonds. The van der Waals surface area contributed by atoms with Gasteiger partial charge in [-0.05, 0) is 62.3 Å². The minimum atomic E-state index is -0.116. The Bertz CT molecular complexity index is 1740. The fourth-order valence-corrected chi connectivity index (χ4v) is 5.82. The summed E-state index contributed by atoms with van der Waals surface area (Å²) in [7, 11) is 0. The normalized spacial score (nSPS) is 13.7. The van der Waals surface area contributed by atoms with E-state index in [2.05, 4.69) is 24.7 Å². The van der Waals surface area contributed by atoms with Crippen molar-refractivity contribution in [3.05, 3.63) is 114 Å². The summed E-state index contributed by atoms with van der Waals surface area (Å²) in [5.74, 6) is 0.913. The van der Waals surface area contributed by atoms with Crippen molar-refractivity contribution in [2.24, 2.45) is 0 Å². The molecule has 3 heterocycles. The number of nitrogen functional groups attached to an aromatic ring is 1. The van der Waals surface area contributed by atoms with E-state index < -0.39 is 0 Å². The number of anilines is 1. The van der Waals surface area contributed by atoms with Crippen LogP contribution in [-0.4, -0.2) is 36.4 Å². The molecular weight excluding hydrogens is 544 g/mol. The second-order valence-corrected chi connectivity index (χ2v) is 11.2. The van der Waals surface area contributed by atoms with Crippen molar-refractivity contribution in [2.75, 3.05) is 5.73 Å². The van der Waals surface area contributed by atoms with E-state index in [1.165, 1.54) is 0 Å². The first-order chi connectivity index (χ1) is 20.5. The van der Waals surface area contributed by atoms with Gasteiger partial charge < -0.3 is 10.6 Å². The van der Waals surface area contributed by atoms with Crippen LogP contribution in [0.25, 0.3) is 28.0 Å². The summed E-state index contributed by atoms with van der Waals surface area (Å²) in [5, 5.41) is 5.16. The molecule has 42 heavy (non-hydrogen) atoms.